The van der Waals surface area contributed by atoms with Crippen LogP contribution in [0.2, 0.25) is 0 Å². The zero-order chi connectivity index (χ0) is 14.8. The first-order valence-corrected chi connectivity index (χ1v) is 7.77. The van der Waals surface area contributed by atoms with Crippen LogP contribution in [0.5, 0.6) is 0 Å². The molecule has 0 spiro atoms. The lowest BCUT2D eigenvalue weighted by Gasteiger charge is -2.11. The number of hydrogen-bond donors (Lipinski definition) is 2. The van der Waals surface area contributed by atoms with Crippen LogP contribution in [0.25, 0.3) is 0 Å². The molecule has 4 nitrogen and oxygen atoms in total. The number of thiocarbonyl (C=S) groups is 1. The minimum atomic E-state index is -3.67. The summed E-state index contributed by atoms with van der Waals surface area (Å²) in [5.41, 5.74) is 7.21. The number of anilines is 1. The van der Waals surface area contributed by atoms with Crippen molar-refractivity contribution in [1.29, 1.82) is 0 Å². The second kappa shape index (κ2) is 5.60. The van der Waals surface area contributed by atoms with Crippen LogP contribution in [0.1, 0.15) is 11.1 Å². The number of hydrogen-bond acceptors (Lipinski definition) is 3. The van der Waals surface area contributed by atoms with Gasteiger partial charge in [0, 0.05) is 11.3 Å². The molecule has 0 bridgehead atoms. The fourth-order valence-corrected chi connectivity index (χ4v) is 3.22. The molecule has 2 rings (SSSR count). The molecule has 0 aromatic heterocycles. The number of sulfonamides is 1. The van der Waals surface area contributed by atoms with Crippen LogP contribution in [0.4, 0.5) is 5.69 Å². The second-order valence-corrected chi connectivity index (χ2v) is 6.41. The molecule has 0 heterocycles. The molecule has 2 aromatic carbocycles. The van der Waals surface area contributed by atoms with Crippen molar-refractivity contribution in [3.8, 4) is 0 Å². The molecule has 0 aliphatic heterocycles. The van der Waals surface area contributed by atoms with Gasteiger partial charge in [0.1, 0.15) is 4.99 Å². The Balaban J connectivity index is 2.44. The third-order valence-electron chi connectivity index (χ3n) is 2.79. The van der Waals surface area contributed by atoms with Gasteiger partial charge in [0.2, 0.25) is 0 Å². The molecular formula is C14H14N2O2S2. The second-order valence-electron chi connectivity index (χ2n) is 4.32. The highest BCUT2D eigenvalue weighted by Gasteiger charge is 2.17. The predicted octanol–water partition coefficient (Wildman–Crippen LogP) is 2.43. The quantitative estimate of drug-likeness (QED) is 0.851. The summed E-state index contributed by atoms with van der Waals surface area (Å²) in [4.78, 5) is 0.341. The molecule has 6 heteroatoms. The average molecular weight is 306 g/mol. The van der Waals surface area contributed by atoms with Crippen LogP contribution in [-0.2, 0) is 10.0 Å². The third-order valence-corrected chi connectivity index (χ3v) is 4.55. The van der Waals surface area contributed by atoms with Gasteiger partial charge in [-0.3, -0.25) is 4.72 Å². The van der Waals surface area contributed by atoms with Crippen molar-refractivity contribution in [3.05, 3.63) is 59.7 Å². The van der Waals surface area contributed by atoms with E-state index in [0.717, 1.165) is 0 Å². The number of aryl methyl sites for hydroxylation is 1. The maximum Gasteiger partial charge on any atom is 0.262 e. The first kappa shape index (κ1) is 14.5. The molecule has 0 radical (unpaired) electrons. The first-order valence-electron chi connectivity index (χ1n) is 5.88. The van der Waals surface area contributed by atoms with Gasteiger partial charge in [-0.2, -0.15) is 0 Å². The van der Waals surface area contributed by atoms with Crippen LogP contribution in [0, 0.1) is 6.92 Å². The Hall–Kier alpha value is -1.92. The van der Waals surface area contributed by atoms with Crippen LogP contribution >= 0.6 is 12.2 Å². The lowest BCUT2D eigenvalue weighted by molar-refractivity contribution is 0.600. The van der Waals surface area contributed by atoms with Gasteiger partial charge in [-0.05, 0) is 30.7 Å². The van der Waals surface area contributed by atoms with Crippen LogP contribution in [0.3, 0.4) is 0 Å². The molecule has 0 aliphatic carbocycles. The topological polar surface area (TPSA) is 72.2 Å². The van der Waals surface area contributed by atoms with Gasteiger partial charge in [-0.1, -0.05) is 42.5 Å². The number of nitrogens with one attached hydrogen (secondary N) is 1. The zero-order valence-electron chi connectivity index (χ0n) is 10.8. The standard InChI is InChI=1S/C14H14N2O2S2/c1-10-7-8-11(14(15)19)9-13(10)20(17,18)16-12-5-3-2-4-6-12/h2-9,16H,1H3,(H2,15,19). The van der Waals surface area contributed by atoms with Crippen LogP contribution in [0.15, 0.2) is 53.4 Å². The minimum Gasteiger partial charge on any atom is -0.389 e. The lowest BCUT2D eigenvalue weighted by Crippen LogP contribution is -2.16. The molecule has 0 amide bonds. The van der Waals surface area contributed by atoms with E-state index in [1.165, 1.54) is 6.07 Å². The smallest absolute Gasteiger partial charge is 0.262 e. The summed E-state index contributed by atoms with van der Waals surface area (Å²) in [6.07, 6.45) is 0. The fraction of sp³-hybridized carbons (Fsp3) is 0.0714. The van der Waals surface area contributed by atoms with Gasteiger partial charge in [-0.25, -0.2) is 8.42 Å². The van der Waals surface area contributed by atoms with E-state index < -0.39 is 10.0 Å². The summed E-state index contributed by atoms with van der Waals surface area (Å²) in [6, 6.07) is 13.6. The van der Waals surface area contributed by atoms with Gasteiger partial charge < -0.3 is 5.73 Å². The molecular weight excluding hydrogens is 292 g/mol. The maximum atomic E-state index is 12.4. The Morgan fingerprint density at radius 2 is 1.80 bits per heavy atom. The van der Waals surface area contributed by atoms with Gasteiger partial charge >= 0.3 is 0 Å². The first-order chi connectivity index (χ1) is 9.40. The number of benzene rings is 2. The Bertz CT molecular complexity index is 741. The zero-order valence-corrected chi connectivity index (χ0v) is 12.5. The maximum absolute atomic E-state index is 12.4. The molecule has 0 unspecified atom stereocenters. The summed E-state index contributed by atoms with van der Waals surface area (Å²) in [6.45, 7) is 1.73. The Morgan fingerprint density at radius 1 is 1.15 bits per heavy atom. The lowest BCUT2D eigenvalue weighted by atomic mass is 10.1. The van der Waals surface area contributed by atoms with E-state index in [1.54, 1.807) is 43.3 Å². The predicted molar refractivity (Wildman–Crippen MR) is 84.3 cm³/mol. The highest BCUT2D eigenvalue weighted by atomic mass is 32.2. The summed E-state index contributed by atoms with van der Waals surface area (Å²) in [5, 5.41) is 0. The van der Waals surface area contributed by atoms with Crippen molar-refractivity contribution in [2.45, 2.75) is 11.8 Å². The molecule has 0 aliphatic rings. The van der Waals surface area contributed by atoms with Crippen molar-refractivity contribution in [1.82, 2.24) is 0 Å². The minimum absolute atomic E-state index is 0.168. The molecule has 2 aromatic rings. The van der Waals surface area contributed by atoms with Gasteiger partial charge in [-0.15, -0.1) is 0 Å². The number of para-hydroxylation sites is 1. The normalized spacial score (nSPS) is 11.1. The third kappa shape index (κ3) is 3.15. The average Bonchev–Trinajstić information content (AvgIpc) is 2.39. The van der Waals surface area contributed by atoms with Crippen molar-refractivity contribution in [2.24, 2.45) is 5.73 Å². The number of rotatable bonds is 4. The molecule has 20 heavy (non-hydrogen) atoms. The van der Waals surface area contributed by atoms with Gasteiger partial charge in [0.05, 0.1) is 4.90 Å². The largest absolute Gasteiger partial charge is 0.389 e. The number of nitrogens with two attached hydrogens (primary N) is 1. The summed E-state index contributed by atoms with van der Waals surface area (Å²) >= 11 is 4.88. The summed E-state index contributed by atoms with van der Waals surface area (Å²) in [7, 11) is -3.67. The van der Waals surface area contributed by atoms with Crippen molar-refractivity contribution in [2.75, 3.05) is 4.72 Å². The van der Waals surface area contributed by atoms with Gasteiger partial charge in [0.15, 0.2) is 0 Å². The summed E-state index contributed by atoms with van der Waals surface area (Å²) < 4.78 is 27.3. The Labute approximate surface area is 123 Å². The van der Waals surface area contributed by atoms with Crippen molar-refractivity contribution < 1.29 is 8.42 Å². The molecule has 0 atom stereocenters. The van der Waals surface area contributed by atoms with E-state index in [2.05, 4.69) is 4.72 Å². The van der Waals surface area contributed by atoms with Crippen LogP contribution in [-0.4, -0.2) is 13.4 Å². The highest BCUT2D eigenvalue weighted by Crippen LogP contribution is 2.20. The van der Waals surface area contributed by atoms with E-state index in [-0.39, 0.29) is 9.88 Å². The Kier molecular flexibility index (Phi) is 4.06. The van der Waals surface area contributed by atoms with Gasteiger partial charge in [0.25, 0.3) is 10.0 Å². The monoisotopic (exact) mass is 306 g/mol. The van der Waals surface area contributed by atoms with E-state index in [0.29, 0.717) is 16.8 Å². The molecule has 0 saturated carbocycles. The van der Waals surface area contributed by atoms with E-state index in [1.807, 2.05) is 6.07 Å². The molecule has 0 fully saturated rings. The SMILES string of the molecule is Cc1ccc(C(N)=S)cc1S(=O)(=O)Nc1ccccc1. The molecule has 0 saturated heterocycles. The highest BCUT2D eigenvalue weighted by molar-refractivity contribution is 7.92. The van der Waals surface area contributed by atoms with Crippen LogP contribution < -0.4 is 10.5 Å². The molecule has 104 valence electrons. The van der Waals surface area contributed by atoms with E-state index in [9.17, 15) is 8.42 Å². The van der Waals surface area contributed by atoms with E-state index in [4.69, 9.17) is 18.0 Å². The summed E-state index contributed by atoms with van der Waals surface area (Å²) in [5.74, 6) is 0. The molecule has 3 N–H and O–H groups in total. The fourth-order valence-electron chi connectivity index (χ4n) is 1.76. The van der Waals surface area contributed by atoms with E-state index >= 15 is 0 Å². The van der Waals surface area contributed by atoms with Crippen molar-refractivity contribution in [3.63, 3.8) is 0 Å². The Morgan fingerprint density at radius 3 is 2.40 bits per heavy atom. The van der Waals surface area contributed by atoms with Crippen molar-refractivity contribution >= 4 is 32.9 Å².